The van der Waals surface area contributed by atoms with Gasteiger partial charge in [-0.15, -0.1) is 11.3 Å². The van der Waals surface area contributed by atoms with Crippen LogP contribution in [0.5, 0.6) is 17.2 Å². The van der Waals surface area contributed by atoms with Crippen molar-refractivity contribution < 1.29 is 19.0 Å². The maximum absolute atomic E-state index is 12.3. The second-order valence-electron chi connectivity index (χ2n) is 7.01. The molecule has 10 heteroatoms. The molecule has 2 heterocycles. The minimum Gasteiger partial charge on any atom is -0.493 e. The number of hydrogen-bond donors (Lipinski definition) is 1. The van der Waals surface area contributed by atoms with Crippen LogP contribution in [0.25, 0.3) is 16.6 Å². The zero-order valence-corrected chi connectivity index (χ0v) is 20.0. The van der Waals surface area contributed by atoms with Crippen LogP contribution >= 0.6 is 11.3 Å². The first-order valence-corrected chi connectivity index (χ1v) is 11.0. The first-order chi connectivity index (χ1) is 15.9. The van der Waals surface area contributed by atoms with E-state index in [0.29, 0.717) is 28.5 Å². The van der Waals surface area contributed by atoms with E-state index in [4.69, 9.17) is 14.2 Å². The van der Waals surface area contributed by atoms with Gasteiger partial charge < -0.3 is 19.5 Å². The molecule has 0 saturated carbocycles. The van der Waals surface area contributed by atoms with Gasteiger partial charge in [0, 0.05) is 18.7 Å². The molecule has 2 aromatic heterocycles. The number of carbonyl (C=O) groups is 1. The van der Waals surface area contributed by atoms with Gasteiger partial charge in [0.15, 0.2) is 11.5 Å². The van der Waals surface area contributed by atoms with E-state index < -0.39 is 0 Å². The van der Waals surface area contributed by atoms with E-state index in [0.717, 1.165) is 15.6 Å². The summed E-state index contributed by atoms with van der Waals surface area (Å²) in [7, 11) is 4.58. The summed E-state index contributed by atoms with van der Waals surface area (Å²) in [5.41, 5.74) is 2.03. The fraction of sp³-hybridized carbons (Fsp3) is 0.304. The summed E-state index contributed by atoms with van der Waals surface area (Å²) in [4.78, 5) is 29.8. The number of nitrogens with zero attached hydrogens (tertiary/aromatic N) is 3. The molecule has 0 spiro atoms. The Morgan fingerprint density at radius 1 is 1.12 bits per heavy atom. The van der Waals surface area contributed by atoms with Crippen LogP contribution in [0, 0.1) is 13.8 Å². The maximum Gasteiger partial charge on any atom is 0.266 e. The molecule has 0 aliphatic rings. The van der Waals surface area contributed by atoms with Crippen molar-refractivity contribution in [1.82, 2.24) is 20.1 Å². The molecule has 0 atom stereocenters. The van der Waals surface area contributed by atoms with Crippen molar-refractivity contribution in [3.8, 4) is 27.8 Å². The average molecular weight is 471 g/mol. The second-order valence-corrected chi connectivity index (χ2v) is 8.21. The van der Waals surface area contributed by atoms with E-state index in [1.807, 2.05) is 13.8 Å². The van der Waals surface area contributed by atoms with Crippen LogP contribution in [0.1, 0.15) is 16.3 Å². The molecule has 0 saturated heterocycles. The van der Waals surface area contributed by atoms with E-state index in [1.165, 1.54) is 49.5 Å². The third-order valence-corrected chi connectivity index (χ3v) is 5.84. The van der Waals surface area contributed by atoms with Crippen molar-refractivity contribution in [2.24, 2.45) is 0 Å². The van der Waals surface area contributed by atoms with Gasteiger partial charge in [-0.05, 0) is 43.7 Å². The van der Waals surface area contributed by atoms with Gasteiger partial charge in [0.25, 0.3) is 5.56 Å². The number of benzene rings is 1. The third-order valence-electron chi connectivity index (χ3n) is 4.74. The Bertz CT molecular complexity index is 1210. The number of hydrogen-bond acceptors (Lipinski definition) is 8. The Kier molecular flexibility index (Phi) is 7.83. The van der Waals surface area contributed by atoms with Gasteiger partial charge in [-0.3, -0.25) is 9.59 Å². The number of thiazole rings is 1. The van der Waals surface area contributed by atoms with Crippen LogP contribution in [-0.2, 0) is 11.3 Å². The lowest BCUT2D eigenvalue weighted by molar-refractivity contribution is -0.116. The van der Waals surface area contributed by atoms with Crippen molar-refractivity contribution >= 4 is 23.3 Å². The molecule has 174 valence electrons. The van der Waals surface area contributed by atoms with Gasteiger partial charge in [0.1, 0.15) is 5.69 Å². The van der Waals surface area contributed by atoms with Crippen LogP contribution < -0.4 is 25.1 Å². The van der Waals surface area contributed by atoms with E-state index in [9.17, 15) is 9.59 Å². The quantitative estimate of drug-likeness (QED) is 0.480. The minimum atomic E-state index is -0.304. The van der Waals surface area contributed by atoms with Gasteiger partial charge in [0.2, 0.25) is 11.7 Å². The molecule has 0 unspecified atom stereocenters. The summed E-state index contributed by atoms with van der Waals surface area (Å²) in [6, 6.07) is 6.65. The molecule has 3 aromatic rings. The first kappa shape index (κ1) is 24.0. The fourth-order valence-electron chi connectivity index (χ4n) is 3.21. The van der Waals surface area contributed by atoms with Crippen LogP contribution in [0.15, 0.2) is 35.1 Å². The number of nitrogens with one attached hydrogen (secondary N) is 1. The predicted octanol–water partition coefficient (Wildman–Crippen LogP) is 2.84. The number of rotatable bonds is 9. The molecular weight excluding hydrogens is 444 g/mol. The van der Waals surface area contributed by atoms with Crippen LogP contribution in [0.4, 0.5) is 0 Å². The topological polar surface area (TPSA) is 105 Å². The van der Waals surface area contributed by atoms with Gasteiger partial charge in [-0.2, -0.15) is 5.10 Å². The highest BCUT2D eigenvalue weighted by Crippen LogP contribution is 2.38. The summed E-state index contributed by atoms with van der Waals surface area (Å²) >= 11 is 1.53. The van der Waals surface area contributed by atoms with Crippen LogP contribution in [-0.4, -0.2) is 48.5 Å². The Hall–Kier alpha value is -3.66. The largest absolute Gasteiger partial charge is 0.493 e. The summed E-state index contributed by atoms with van der Waals surface area (Å²) in [6.45, 7) is 4.33. The Labute approximate surface area is 195 Å². The van der Waals surface area contributed by atoms with Gasteiger partial charge in [-0.25, -0.2) is 9.67 Å². The highest BCUT2D eigenvalue weighted by Gasteiger charge is 2.13. The first-order valence-electron chi connectivity index (χ1n) is 10.1. The van der Waals surface area contributed by atoms with Gasteiger partial charge in [0.05, 0.1) is 43.5 Å². The molecular formula is C23H26N4O5S. The number of carbonyl (C=O) groups excluding carboxylic acids is 1. The maximum atomic E-state index is 12.3. The molecule has 33 heavy (non-hydrogen) atoms. The Balaban J connectivity index is 1.64. The normalized spacial score (nSPS) is 10.9. The van der Waals surface area contributed by atoms with Crippen molar-refractivity contribution in [3.05, 3.63) is 57.0 Å². The zero-order chi connectivity index (χ0) is 24.0. The number of aromatic nitrogens is 3. The molecule has 9 nitrogen and oxygen atoms in total. The van der Waals surface area contributed by atoms with E-state index in [2.05, 4.69) is 15.4 Å². The molecule has 0 aliphatic carbocycles. The van der Waals surface area contributed by atoms with Crippen LogP contribution in [0.3, 0.4) is 0 Å². The highest BCUT2D eigenvalue weighted by molar-refractivity contribution is 7.15. The fourth-order valence-corrected chi connectivity index (χ4v) is 4.10. The smallest absolute Gasteiger partial charge is 0.266 e. The zero-order valence-electron chi connectivity index (χ0n) is 19.2. The Morgan fingerprint density at radius 2 is 1.82 bits per heavy atom. The van der Waals surface area contributed by atoms with E-state index in [1.54, 1.807) is 24.3 Å². The molecule has 1 N–H and O–H groups in total. The van der Waals surface area contributed by atoms with Crippen molar-refractivity contribution in [1.29, 1.82) is 0 Å². The van der Waals surface area contributed by atoms with Gasteiger partial charge >= 0.3 is 0 Å². The van der Waals surface area contributed by atoms with Gasteiger partial charge in [-0.1, -0.05) is 0 Å². The monoisotopic (exact) mass is 470 g/mol. The summed E-state index contributed by atoms with van der Waals surface area (Å²) in [6.07, 6.45) is 3.04. The molecule has 1 aromatic carbocycles. The lowest BCUT2D eigenvalue weighted by Gasteiger charge is -2.12. The Morgan fingerprint density at radius 3 is 2.39 bits per heavy atom. The number of methoxy groups -OCH3 is 3. The lowest BCUT2D eigenvalue weighted by Crippen LogP contribution is -2.31. The standard InChI is InChI=1S/C23H26N4O5S/c1-14-23(33-15(2)25-14)17-7-9-21(29)27(26-17)11-10-24-20(28)8-6-16-12-18(30-3)22(32-5)19(13-16)31-4/h6-9,12-13H,10-11H2,1-5H3,(H,24,28). The average Bonchev–Trinajstić information content (AvgIpc) is 3.15. The number of amides is 1. The number of ether oxygens (including phenoxy) is 3. The third kappa shape index (κ3) is 5.78. The molecule has 0 aliphatic heterocycles. The summed E-state index contributed by atoms with van der Waals surface area (Å²) in [5.74, 6) is 1.16. The summed E-state index contributed by atoms with van der Waals surface area (Å²) < 4.78 is 17.3. The van der Waals surface area contributed by atoms with Crippen molar-refractivity contribution in [2.45, 2.75) is 20.4 Å². The van der Waals surface area contributed by atoms with E-state index in [-0.39, 0.29) is 24.6 Å². The predicted molar refractivity (Wildman–Crippen MR) is 127 cm³/mol. The molecule has 0 radical (unpaired) electrons. The number of aryl methyl sites for hydroxylation is 2. The molecule has 0 fully saturated rings. The van der Waals surface area contributed by atoms with Crippen LogP contribution in [0.2, 0.25) is 0 Å². The van der Waals surface area contributed by atoms with Crippen molar-refractivity contribution in [2.75, 3.05) is 27.9 Å². The molecule has 0 bridgehead atoms. The summed E-state index contributed by atoms with van der Waals surface area (Å²) in [5, 5.41) is 8.13. The second kappa shape index (κ2) is 10.8. The van der Waals surface area contributed by atoms with E-state index >= 15 is 0 Å². The SMILES string of the molecule is COc1cc(C=CC(=O)NCCn2nc(-c3sc(C)nc3C)ccc2=O)cc(OC)c1OC. The minimum absolute atomic E-state index is 0.236. The lowest BCUT2D eigenvalue weighted by atomic mass is 10.1. The molecule has 1 amide bonds. The highest BCUT2D eigenvalue weighted by atomic mass is 32.1. The van der Waals surface area contributed by atoms with Crippen molar-refractivity contribution in [3.63, 3.8) is 0 Å². The molecule has 3 rings (SSSR count).